The van der Waals surface area contributed by atoms with Crippen molar-refractivity contribution in [1.29, 1.82) is 0 Å². The minimum atomic E-state index is -0.276. The van der Waals surface area contributed by atoms with Gasteiger partial charge in [-0.3, -0.25) is 18.5 Å². The first-order chi connectivity index (χ1) is 15.0. The lowest BCUT2D eigenvalue weighted by atomic mass is 9.96. The van der Waals surface area contributed by atoms with Crippen LogP contribution in [0.3, 0.4) is 0 Å². The number of anilines is 1. The fourth-order valence-electron chi connectivity index (χ4n) is 4.56. The molecule has 7 nitrogen and oxygen atoms in total. The summed E-state index contributed by atoms with van der Waals surface area (Å²) in [6.07, 6.45) is 5.89. The van der Waals surface area contributed by atoms with Crippen LogP contribution < -0.4 is 16.6 Å². The Morgan fingerprint density at radius 3 is 2.39 bits per heavy atom. The van der Waals surface area contributed by atoms with E-state index in [9.17, 15) is 9.59 Å². The van der Waals surface area contributed by atoms with E-state index in [2.05, 4.69) is 31.3 Å². The molecule has 7 heteroatoms. The Labute approximate surface area is 182 Å². The van der Waals surface area contributed by atoms with Gasteiger partial charge in [0, 0.05) is 19.1 Å². The summed E-state index contributed by atoms with van der Waals surface area (Å²) in [5.74, 6) is 0.950. The maximum absolute atomic E-state index is 13.4. The van der Waals surface area contributed by atoms with E-state index in [1.165, 1.54) is 23.8 Å². The first-order valence-electron chi connectivity index (χ1n) is 11.5. The molecule has 0 amide bonds. The molecule has 166 valence electrons. The quantitative estimate of drug-likeness (QED) is 0.627. The third-order valence-electron chi connectivity index (χ3n) is 6.10. The highest BCUT2D eigenvalue weighted by Gasteiger charge is 2.24. The van der Waals surface area contributed by atoms with Gasteiger partial charge in [0.2, 0.25) is 5.95 Å². The van der Waals surface area contributed by atoms with Crippen LogP contribution in [-0.4, -0.2) is 24.7 Å². The van der Waals surface area contributed by atoms with Crippen LogP contribution in [0.1, 0.15) is 58.4 Å². The summed E-state index contributed by atoms with van der Waals surface area (Å²) < 4.78 is 4.99. The monoisotopic (exact) mass is 423 g/mol. The van der Waals surface area contributed by atoms with Gasteiger partial charge in [-0.15, -0.1) is 0 Å². The molecular weight excluding hydrogens is 390 g/mol. The summed E-state index contributed by atoms with van der Waals surface area (Å²) in [7, 11) is 0. The van der Waals surface area contributed by atoms with Gasteiger partial charge in [0.05, 0.1) is 6.54 Å². The van der Waals surface area contributed by atoms with Crippen LogP contribution in [0.15, 0.2) is 39.9 Å². The highest BCUT2D eigenvalue weighted by molar-refractivity contribution is 5.74. The molecule has 1 saturated carbocycles. The summed E-state index contributed by atoms with van der Waals surface area (Å²) in [6, 6.07) is 10.4. The summed E-state index contributed by atoms with van der Waals surface area (Å²) >= 11 is 0. The minimum Gasteiger partial charge on any atom is -0.353 e. The largest absolute Gasteiger partial charge is 0.353 e. The van der Waals surface area contributed by atoms with E-state index in [0.717, 1.165) is 18.4 Å². The maximum Gasteiger partial charge on any atom is 0.332 e. The van der Waals surface area contributed by atoms with Crippen molar-refractivity contribution in [3.8, 4) is 0 Å². The number of fused-ring (bicyclic) bond motifs is 1. The van der Waals surface area contributed by atoms with E-state index in [0.29, 0.717) is 42.8 Å². The van der Waals surface area contributed by atoms with Gasteiger partial charge in [-0.1, -0.05) is 63.4 Å². The molecule has 31 heavy (non-hydrogen) atoms. The number of aromatic nitrogens is 4. The molecule has 1 N–H and O–H groups in total. The number of rotatable bonds is 7. The molecule has 0 aliphatic heterocycles. The van der Waals surface area contributed by atoms with Crippen molar-refractivity contribution < 1.29 is 0 Å². The van der Waals surface area contributed by atoms with Gasteiger partial charge in [0.15, 0.2) is 11.2 Å². The van der Waals surface area contributed by atoms with Crippen LogP contribution in [0.25, 0.3) is 11.2 Å². The van der Waals surface area contributed by atoms with Crippen molar-refractivity contribution in [1.82, 2.24) is 18.7 Å². The molecule has 0 spiro atoms. The average molecular weight is 424 g/mol. The number of hydrogen-bond acceptors (Lipinski definition) is 4. The Morgan fingerprint density at radius 1 is 1.03 bits per heavy atom. The van der Waals surface area contributed by atoms with Crippen molar-refractivity contribution >= 4 is 17.1 Å². The van der Waals surface area contributed by atoms with Crippen molar-refractivity contribution in [3.05, 3.63) is 56.7 Å². The third-order valence-corrected chi connectivity index (χ3v) is 6.10. The summed E-state index contributed by atoms with van der Waals surface area (Å²) in [5.41, 5.74) is 1.55. The van der Waals surface area contributed by atoms with Gasteiger partial charge in [-0.25, -0.2) is 4.79 Å². The molecule has 2 heterocycles. The van der Waals surface area contributed by atoms with E-state index in [4.69, 9.17) is 4.98 Å². The second-order valence-electron chi connectivity index (χ2n) is 9.00. The Kier molecular flexibility index (Phi) is 6.30. The normalized spacial score (nSPS) is 15.1. The molecule has 0 atom stereocenters. The molecule has 1 fully saturated rings. The smallest absolute Gasteiger partial charge is 0.332 e. The predicted octanol–water partition coefficient (Wildman–Crippen LogP) is 3.83. The Morgan fingerprint density at radius 2 is 1.74 bits per heavy atom. The standard InChI is InChI=1S/C24H33N5O2/c1-4-27-22(30)20-21(29(24(27)31)15-17(2)3)26-23(25-19-13-9-6-10-14-19)28(20)16-18-11-7-5-8-12-18/h5,7-8,11-12,17,19H,4,6,9-10,13-16H2,1-3H3,(H,25,26). The molecule has 2 aromatic heterocycles. The van der Waals surface area contributed by atoms with Gasteiger partial charge in [-0.2, -0.15) is 4.98 Å². The lowest BCUT2D eigenvalue weighted by Gasteiger charge is -2.23. The zero-order valence-corrected chi connectivity index (χ0v) is 18.8. The third kappa shape index (κ3) is 4.31. The second kappa shape index (κ2) is 9.12. The molecule has 1 aliphatic rings. The van der Waals surface area contributed by atoms with Gasteiger partial charge < -0.3 is 5.32 Å². The van der Waals surface area contributed by atoms with Gasteiger partial charge >= 0.3 is 5.69 Å². The van der Waals surface area contributed by atoms with Crippen LogP contribution in [-0.2, 0) is 19.6 Å². The van der Waals surface area contributed by atoms with E-state index in [-0.39, 0.29) is 17.2 Å². The lowest BCUT2D eigenvalue weighted by Crippen LogP contribution is -2.40. The van der Waals surface area contributed by atoms with Crippen molar-refractivity contribution in [3.63, 3.8) is 0 Å². The molecule has 0 bridgehead atoms. The molecule has 3 aromatic rings. The van der Waals surface area contributed by atoms with Crippen LogP contribution in [0.4, 0.5) is 5.95 Å². The fraction of sp³-hybridized carbons (Fsp3) is 0.542. The summed E-state index contributed by atoms with van der Waals surface area (Å²) in [5, 5.41) is 3.61. The Bertz CT molecular complexity index is 1150. The first kappa shape index (κ1) is 21.4. The Hall–Kier alpha value is -2.83. The molecular formula is C24H33N5O2. The lowest BCUT2D eigenvalue weighted by molar-refractivity contribution is 0.459. The number of nitrogens with zero attached hydrogens (tertiary/aromatic N) is 4. The van der Waals surface area contributed by atoms with E-state index < -0.39 is 0 Å². The van der Waals surface area contributed by atoms with E-state index in [1.54, 1.807) is 4.57 Å². The van der Waals surface area contributed by atoms with Crippen molar-refractivity contribution in [2.45, 2.75) is 78.6 Å². The minimum absolute atomic E-state index is 0.261. The van der Waals surface area contributed by atoms with E-state index >= 15 is 0 Å². The molecule has 0 unspecified atom stereocenters. The van der Waals surface area contributed by atoms with Gasteiger partial charge in [0.1, 0.15) is 0 Å². The maximum atomic E-state index is 13.4. The molecule has 1 aliphatic carbocycles. The molecule has 4 rings (SSSR count). The van der Waals surface area contributed by atoms with Crippen LogP contribution in [0, 0.1) is 5.92 Å². The fourth-order valence-corrected chi connectivity index (χ4v) is 4.56. The number of imidazole rings is 1. The zero-order chi connectivity index (χ0) is 22.0. The van der Waals surface area contributed by atoms with E-state index in [1.807, 2.05) is 29.7 Å². The topological polar surface area (TPSA) is 73.8 Å². The van der Waals surface area contributed by atoms with Crippen LogP contribution >= 0.6 is 0 Å². The first-order valence-corrected chi connectivity index (χ1v) is 11.5. The van der Waals surface area contributed by atoms with Gasteiger partial charge in [0.25, 0.3) is 5.56 Å². The molecule has 0 radical (unpaired) electrons. The molecule has 0 saturated heterocycles. The van der Waals surface area contributed by atoms with Crippen LogP contribution in [0.5, 0.6) is 0 Å². The highest BCUT2D eigenvalue weighted by atomic mass is 16.2. The summed E-state index contributed by atoms with van der Waals surface area (Å²) in [4.78, 5) is 31.3. The molecule has 1 aromatic carbocycles. The summed E-state index contributed by atoms with van der Waals surface area (Å²) in [6.45, 7) is 7.39. The second-order valence-corrected chi connectivity index (χ2v) is 9.00. The average Bonchev–Trinajstić information content (AvgIpc) is 3.11. The van der Waals surface area contributed by atoms with Crippen LogP contribution in [0.2, 0.25) is 0 Å². The van der Waals surface area contributed by atoms with Crippen molar-refractivity contribution in [2.24, 2.45) is 5.92 Å². The predicted molar refractivity (Wildman–Crippen MR) is 125 cm³/mol. The Balaban J connectivity index is 1.93. The number of hydrogen-bond donors (Lipinski definition) is 1. The number of nitrogens with one attached hydrogen (secondary N) is 1. The zero-order valence-electron chi connectivity index (χ0n) is 18.8. The highest BCUT2D eigenvalue weighted by Crippen LogP contribution is 2.24. The SMILES string of the molecule is CCn1c(=O)c2c(nc(NC3CCCCC3)n2Cc2ccccc2)n(CC(C)C)c1=O. The number of benzene rings is 1. The van der Waals surface area contributed by atoms with Gasteiger partial charge in [-0.05, 0) is 31.2 Å². The van der Waals surface area contributed by atoms with Crippen molar-refractivity contribution in [2.75, 3.05) is 5.32 Å².